The second-order valence-electron chi connectivity index (χ2n) is 5.95. The molecule has 7 heteroatoms. The Morgan fingerprint density at radius 3 is 2.48 bits per heavy atom. The number of rotatable bonds is 5. The van der Waals surface area contributed by atoms with E-state index in [1.54, 1.807) is 28.0 Å². The van der Waals surface area contributed by atoms with Crippen LogP contribution in [0.2, 0.25) is 0 Å². The lowest BCUT2D eigenvalue weighted by Gasteiger charge is -2.32. The van der Waals surface area contributed by atoms with Crippen LogP contribution in [0.25, 0.3) is 0 Å². The topological polar surface area (TPSA) is 82.6 Å². The summed E-state index contributed by atoms with van der Waals surface area (Å²) in [6.07, 6.45) is 0.791. The van der Waals surface area contributed by atoms with Crippen LogP contribution in [0.1, 0.15) is 34.8 Å². The first-order chi connectivity index (χ1) is 11.0. The van der Waals surface area contributed by atoms with Gasteiger partial charge in [-0.3, -0.25) is 14.4 Å². The fourth-order valence-corrected chi connectivity index (χ4v) is 2.26. The summed E-state index contributed by atoms with van der Waals surface area (Å²) in [7, 11) is 0. The number of amides is 3. The zero-order valence-electron chi connectivity index (χ0n) is 13.5. The maximum atomic E-state index is 12.5. The largest absolute Gasteiger partial charge is 0.350 e. The predicted octanol–water partition coefficient (Wildman–Crippen LogP) is 0.382. The summed E-state index contributed by atoms with van der Waals surface area (Å²) in [5.41, 5.74) is 0.491. The van der Waals surface area contributed by atoms with E-state index in [4.69, 9.17) is 0 Å². The normalized spacial score (nSPS) is 14.7. The molecule has 3 amide bonds. The van der Waals surface area contributed by atoms with Crippen molar-refractivity contribution in [3.8, 4) is 0 Å². The summed E-state index contributed by atoms with van der Waals surface area (Å²) >= 11 is 0. The van der Waals surface area contributed by atoms with Crippen LogP contribution in [0.3, 0.4) is 0 Å². The number of hydrogen-bond acceptors (Lipinski definition) is 4. The summed E-state index contributed by atoms with van der Waals surface area (Å²) in [5, 5.41) is 2.79. The number of pyridine rings is 1. The van der Waals surface area contributed by atoms with Crippen LogP contribution in [0.15, 0.2) is 18.2 Å². The molecule has 1 saturated heterocycles. The molecule has 124 valence electrons. The minimum Gasteiger partial charge on any atom is -0.350 e. The quantitative estimate of drug-likeness (QED) is 0.796. The Kier molecular flexibility index (Phi) is 5.67. The molecule has 1 N–H and O–H groups in total. The Bertz CT molecular complexity index is 580. The van der Waals surface area contributed by atoms with Gasteiger partial charge in [0.1, 0.15) is 11.4 Å². The van der Waals surface area contributed by atoms with Crippen molar-refractivity contribution in [2.75, 3.05) is 32.7 Å². The number of piperazine rings is 1. The Balaban J connectivity index is 2.03. The lowest BCUT2D eigenvalue weighted by molar-refractivity contribution is -0.119. The molecule has 1 aliphatic heterocycles. The second kappa shape index (κ2) is 7.71. The standard InChI is InChI=1S/C16H22N4O3/c1-12(2)10-17-15(22)13-4-3-5-14(18-13)16(23)20-8-6-19(11-21)7-9-20/h3-5,11-12H,6-10H2,1-2H3,(H,17,22). The lowest BCUT2D eigenvalue weighted by atomic mass is 10.2. The maximum absolute atomic E-state index is 12.5. The number of carbonyl (C=O) groups is 3. The average molecular weight is 318 g/mol. The maximum Gasteiger partial charge on any atom is 0.272 e. The van der Waals surface area contributed by atoms with E-state index in [2.05, 4.69) is 10.3 Å². The van der Waals surface area contributed by atoms with E-state index in [0.717, 1.165) is 6.41 Å². The molecule has 2 rings (SSSR count). The fourth-order valence-electron chi connectivity index (χ4n) is 2.26. The molecule has 0 radical (unpaired) electrons. The van der Waals surface area contributed by atoms with E-state index in [1.807, 2.05) is 13.8 Å². The summed E-state index contributed by atoms with van der Waals surface area (Å²) in [5.74, 6) is -0.147. The van der Waals surface area contributed by atoms with E-state index < -0.39 is 0 Å². The van der Waals surface area contributed by atoms with E-state index in [1.165, 1.54) is 0 Å². The third kappa shape index (κ3) is 4.51. The minimum atomic E-state index is -0.279. The van der Waals surface area contributed by atoms with Crippen molar-refractivity contribution in [2.24, 2.45) is 5.92 Å². The first-order valence-corrected chi connectivity index (χ1v) is 7.75. The molecule has 23 heavy (non-hydrogen) atoms. The Labute approximate surface area is 135 Å². The van der Waals surface area contributed by atoms with Crippen molar-refractivity contribution < 1.29 is 14.4 Å². The molecule has 0 spiro atoms. The average Bonchev–Trinajstić information content (AvgIpc) is 2.59. The van der Waals surface area contributed by atoms with Gasteiger partial charge in [-0.1, -0.05) is 19.9 Å². The van der Waals surface area contributed by atoms with Crippen LogP contribution in [-0.2, 0) is 4.79 Å². The lowest BCUT2D eigenvalue weighted by Crippen LogP contribution is -2.48. The van der Waals surface area contributed by atoms with Gasteiger partial charge in [0.05, 0.1) is 0 Å². The van der Waals surface area contributed by atoms with Crippen molar-refractivity contribution in [3.05, 3.63) is 29.6 Å². The molecule has 1 aromatic rings. The van der Waals surface area contributed by atoms with Gasteiger partial charge in [0, 0.05) is 32.7 Å². The molecule has 0 bridgehead atoms. The number of nitrogens with one attached hydrogen (secondary N) is 1. The van der Waals surface area contributed by atoms with Gasteiger partial charge in [-0.25, -0.2) is 4.98 Å². The first kappa shape index (κ1) is 16.9. The van der Waals surface area contributed by atoms with Crippen LogP contribution in [0.5, 0.6) is 0 Å². The second-order valence-corrected chi connectivity index (χ2v) is 5.95. The molecule has 1 aliphatic rings. The summed E-state index contributed by atoms with van der Waals surface area (Å²) in [6, 6.07) is 4.86. The van der Waals surface area contributed by atoms with Crippen LogP contribution in [-0.4, -0.2) is 65.7 Å². The van der Waals surface area contributed by atoms with Crippen molar-refractivity contribution >= 4 is 18.2 Å². The molecule has 2 heterocycles. The van der Waals surface area contributed by atoms with Gasteiger partial charge < -0.3 is 15.1 Å². The SMILES string of the molecule is CC(C)CNC(=O)c1cccc(C(=O)N2CCN(C=O)CC2)n1. The highest BCUT2D eigenvalue weighted by molar-refractivity contribution is 5.96. The first-order valence-electron chi connectivity index (χ1n) is 7.75. The van der Waals surface area contributed by atoms with Gasteiger partial charge >= 0.3 is 0 Å². The van der Waals surface area contributed by atoms with Crippen molar-refractivity contribution in [1.82, 2.24) is 20.1 Å². The molecule has 7 nitrogen and oxygen atoms in total. The van der Waals surface area contributed by atoms with E-state index in [0.29, 0.717) is 38.6 Å². The van der Waals surface area contributed by atoms with Crippen LogP contribution < -0.4 is 5.32 Å². The molecule has 1 fully saturated rings. The van der Waals surface area contributed by atoms with Gasteiger partial charge in [-0.2, -0.15) is 0 Å². The number of nitrogens with zero attached hydrogens (tertiary/aromatic N) is 3. The van der Waals surface area contributed by atoms with Gasteiger partial charge in [0.15, 0.2) is 0 Å². The molecular weight excluding hydrogens is 296 g/mol. The molecule has 0 aromatic carbocycles. The highest BCUT2D eigenvalue weighted by Gasteiger charge is 2.22. The molecule has 0 unspecified atom stereocenters. The highest BCUT2D eigenvalue weighted by Crippen LogP contribution is 2.07. The summed E-state index contributed by atoms with van der Waals surface area (Å²) < 4.78 is 0. The third-order valence-electron chi connectivity index (χ3n) is 3.62. The monoisotopic (exact) mass is 318 g/mol. The highest BCUT2D eigenvalue weighted by atomic mass is 16.2. The zero-order chi connectivity index (χ0) is 16.8. The summed E-state index contributed by atoms with van der Waals surface area (Å²) in [6.45, 7) is 6.56. The van der Waals surface area contributed by atoms with Gasteiger partial charge in [0.25, 0.3) is 11.8 Å². The molecule has 0 atom stereocenters. The molecule has 0 saturated carbocycles. The van der Waals surface area contributed by atoms with Gasteiger partial charge in [-0.15, -0.1) is 0 Å². The van der Waals surface area contributed by atoms with E-state index in [9.17, 15) is 14.4 Å². The number of aromatic nitrogens is 1. The van der Waals surface area contributed by atoms with Crippen LogP contribution in [0.4, 0.5) is 0 Å². The summed E-state index contributed by atoms with van der Waals surface area (Å²) in [4.78, 5) is 42.7. The molecule has 0 aliphatic carbocycles. The van der Waals surface area contributed by atoms with Crippen LogP contribution >= 0.6 is 0 Å². The van der Waals surface area contributed by atoms with Crippen molar-refractivity contribution in [2.45, 2.75) is 13.8 Å². The van der Waals surface area contributed by atoms with E-state index in [-0.39, 0.29) is 23.2 Å². The zero-order valence-corrected chi connectivity index (χ0v) is 13.5. The fraction of sp³-hybridized carbons (Fsp3) is 0.500. The Morgan fingerprint density at radius 1 is 1.22 bits per heavy atom. The van der Waals surface area contributed by atoms with Gasteiger partial charge in [0.2, 0.25) is 6.41 Å². The van der Waals surface area contributed by atoms with Gasteiger partial charge in [-0.05, 0) is 18.1 Å². The van der Waals surface area contributed by atoms with Crippen LogP contribution in [0, 0.1) is 5.92 Å². The predicted molar refractivity (Wildman–Crippen MR) is 84.9 cm³/mol. The molecule has 1 aromatic heterocycles. The number of carbonyl (C=O) groups excluding carboxylic acids is 3. The van der Waals surface area contributed by atoms with Crippen molar-refractivity contribution in [1.29, 1.82) is 0 Å². The smallest absolute Gasteiger partial charge is 0.272 e. The minimum absolute atomic E-state index is 0.214. The Morgan fingerprint density at radius 2 is 1.87 bits per heavy atom. The Hall–Kier alpha value is -2.44. The van der Waals surface area contributed by atoms with E-state index >= 15 is 0 Å². The number of hydrogen-bond donors (Lipinski definition) is 1. The molecular formula is C16H22N4O3. The third-order valence-corrected chi connectivity index (χ3v) is 3.62. The van der Waals surface area contributed by atoms with Crippen molar-refractivity contribution in [3.63, 3.8) is 0 Å².